The van der Waals surface area contributed by atoms with Gasteiger partial charge in [0, 0.05) is 39.3 Å². The average Bonchev–Trinajstić information content (AvgIpc) is 2.80. The highest BCUT2D eigenvalue weighted by molar-refractivity contribution is 5.93. The van der Waals surface area contributed by atoms with E-state index in [4.69, 9.17) is 4.74 Å². The van der Waals surface area contributed by atoms with Gasteiger partial charge in [-0.05, 0) is 37.0 Å². The number of nitrogens with one attached hydrogen (secondary N) is 2. The molecule has 0 aliphatic carbocycles. The predicted molar refractivity (Wildman–Crippen MR) is 121 cm³/mol. The highest BCUT2D eigenvalue weighted by Gasteiger charge is 2.21. The summed E-state index contributed by atoms with van der Waals surface area (Å²) in [6.07, 6.45) is 3.71. The maximum atomic E-state index is 12.6. The third-order valence-corrected chi connectivity index (χ3v) is 5.81. The Labute approximate surface area is 179 Å². The van der Waals surface area contributed by atoms with Gasteiger partial charge in [0.1, 0.15) is 0 Å². The molecule has 6 nitrogen and oxygen atoms in total. The molecular weight excluding hydrogens is 376 g/mol. The van der Waals surface area contributed by atoms with E-state index in [1.165, 1.54) is 24.8 Å². The Bertz CT molecular complexity index is 808. The lowest BCUT2D eigenvalue weighted by Gasteiger charge is -2.33. The number of rotatable bonds is 6. The predicted octanol–water partition coefficient (Wildman–Crippen LogP) is 3.70. The molecule has 30 heavy (non-hydrogen) atoms. The summed E-state index contributed by atoms with van der Waals surface area (Å²) in [6, 6.07) is 18.4. The van der Waals surface area contributed by atoms with Crippen molar-refractivity contribution in [2.24, 2.45) is 0 Å². The number of para-hydroxylation sites is 2. The highest BCUT2D eigenvalue weighted by atomic mass is 16.5. The monoisotopic (exact) mass is 408 g/mol. The van der Waals surface area contributed by atoms with E-state index in [0.29, 0.717) is 13.2 Å². The second kappa shape index (κ2) is 10.5. The first-order valence-corrected chi connectivity index (χ1v) is 11.0. The van der Waals surface area contributed by atoms with Crippen molar-refractivity contribution >= 4 is 17.4 Å². The van der Waals surface area contributed by atoms with Gasteiger partial charge in [0.25, 0.3) is 0 Å². The summed E-state index contributed by atoms with van der Waals surface area (Å²) in [7, 11) is 0. The first-order valence-electron chi connectivity index (χ1n) is 11.0. The minimum Gasteiger partial charge on any atom is -0.374 e. The van der Waals surface area contributed by atoms with Gasteiger partial charge in [0.05, 0.1) is 24.1 Å². The number of urea groups is 1. The van der Waals surface area contributed by atoms with E-state index in [0.717, 1.165) is 44.1 Å². The van der Waals surface area contributed by atoms with Crippen LogP contribution in [0.3, 0.4) is 0 Å². The highest BCUT2D eigenvalue weighted by Crippen LogP contribution is 2.28. The third kappa shape index (κ3) is 5.74. The maximum absolute atomic E-state index is 12.6. The van der Waals surface area contributed by atoms with Gasteiger partial charge in [-0.25, -0.2) is 4.79 Å². The number of carbonyl (C=O) groups excluding carboxylic acids is 1. The van der Waals surface area contributed by atoms with Gasteiger partial charge >= 0.3 is 6.03 Å². The fourth-order valence-electron chi connectivity index (χ4n) is 4.25. The second-order valence-electron chi connectivity index (χ2n) is 8.11. The van der Waals surface area contributed by atoms with E-state index < -0.39 is 0 Å². The number of morpholine rings is 1. The Kier molecular flexibility index (Phi) is 7.21. The van der Waals surface area contributed by atoms with E-state index in [1.807, 2.05) is 24.3 Å². The summed E-state index contributed by atoms with van der Waals surface area (Å²) >= 11 is 0. The van der Waals surface area contributed by atoms with Gasteiger partial charge in [-0.1, -0.05) is 42.5 Å². The Morgan fingerprint density at radius 3 is 2.57 bits per heavy atom. The molecule has 0 bridgehead atoms. The van der Waals surface area contributed by atoms with Gasteiger partial charge in [0.2, 0.25) is 0 Å². The summed E-state index contributed by atoms with van der Waals surface area (Å²) < 4.78 is 5.87. The van der Waals surface area contributed by atoms with Crippen LogP contribution >= 0.6 is 0 Å². The van der Waals surface area contributed by atoms with Gasteiger partial charge < -0.3 is 20.3 Å². The average molecular weight is 409 g/mol. The first-order chi connectivity index (χ1) is 14.8. The summed E-state index contributed by atoms with van der Waals surface area (Å²) in [5.74, 6) is 0. The third-order valence-electron chi connectivity index (χ3n) is 5.81. The summed E-state index contributed by atoms with van der Waals surface area (Å²) in [5.41, 5.74) is 3.28. The Balaban J connectivity index is 1.27. The zero-order valence-corrected chi connectivity index (χ0v) is 17.6. The molecule has 0 saturated carbocycles. The number of piperidine rings is 1. The normalized spacial score (nSPS) is 20.0. The molecule has 4 rings (SSSR count). The van der Waals surface area contributed by atoms with Crippen LogP contribution in [-0.2, 0) is 11.3 Å². The number of anilines is 2. The van der Waals surface area contributed by atoms with Crippen molar-refractivity contribution < 1.29 is 9.53 Å². The number of amides is 2. The van der Waals surface area contributed by atoms with E-state index >= 15 is 0 Å². The number of hydrogen-bond donors (Lipinski definition) is 2. The molecule has 2 heterocycles. The van der Waals surface area contributed by atoms with Crippen LogP contribution in [0.5, 0.6) is 0 Å². The number of ether oxygens (including phenoxy) is 1. The van der Waals surface area contributed by atoms with Gasteiger partial charge in [-0.15, -0.1) is 0 Å². The van der Waals surface area contributed by atoms with E-state index in [-0.39, 0.29) is 12.1 Å². The molecule has 2 saturated heterocycles. The molecule has 6 heteroatoms. The molecule has 2 aromatic rings. The lowest BCUT2D eigenvalue weighted by molar-refractivity contribution is -0.0285. The molecule has 2 amide bonds. The van der Waals surface area contributed by atoms with Crippen LogP contribution in [0, 0.1) is 0 Å². The van der Waals surface area contributed by atoms with Crippen molar-refractivity contribution in [3.05, 3.63) is 60.2 Å². The molecule has 2 fully saturated rings. The molecule has 0 aromatic heterocycles. The zero-order valence-electron chi connectivity index (χ0n) is 17.6. The number of nitrogens with zero attached hydrogens (tertiary/aromatic N) is 2. The first kappa shape index (κ1) is 20.7. The van der Waals surface area contributed by atoms with E-state index in [1.54, 1.807) is 0 Å². The SMILES string of the molecule is O=C(NCC1CN(Cc2ccccc2)CCO1)Nc1ccccc1N1CCCCC1. The summed E-state index contributed by atoms with van der Waals surface area (Å²) in [4.78, 5) is 17.3. The van der Waals surface area contributed by atoms with Crippen molar-refractivity contribution in [3.8, 4) is 0 Å². The fraction of sp³-hybridized carbons (Fsp3) is 0.458. The van der Waals surface area contributed by atoms with Crippen LogP contribution in [0.4, 0.5) is 16.2 Å². The Hall–Kier alpha value is -2.57. The topological polar surface area (TPSA) is 56.8 Å². The van der Waals surface area contributed by atoms with Crippen LogP contribution in [0.25, 0.3) is 0 Å². The van der Waals surface area contributed by atoms with Crippen LogP contribution < -0.4 is 15.5 Å². The van der Waals surface area contributed by atoms with E-state index in [9.17, 15) is 4.79 Å². The van der Waals surface area contributed by atoms with Crippen LogP contribution in [0.1, 0.15) is 24.8 Å². The molecule has 0 spiro atoms. The van der Waals surface area contributed by atoms with E-state index in [2.05, 4.69) is 50.8 Å². The molecule has 2 aromatic carbocycles. The van der Waals surface area contributed by atoms with Crippen LogP contribution in [0.2, 0.25) is 0 Å². The van der Waals surface area contributed by atoms with Gasteiger partial charge in [0.15, 0.2) is 0 Å². The molecule has 1 atom stereocenters. The molecule has 2 aliphatic rings. The smallest absolute Gasteiger partial charge is 0.319 e. The number of hydrogen-bond acceptors (Lipinski definition) is 4. The Morgan fingerprint density at radius 1 is 0.967 bits per heavy atom. The largest absolute Gasteiger partial charge is 0.374 e. The summed E-state index contributed by atoms with van der Waals surface area (Å²) in [5, 5.41) is 6.03. The zero-order chi connectivity index (χ0) is 20.6. The number of benzene rings is 2. The van der Waals surface area contributed by atoms with Crippen LogP contribution in [-0.4, -0.2) is 56.4 Å². The fourth-order valence-corrected chi connectivity index (χ4v) is 4.25. The molecule has 160 valence electrons. The second-order valence-corrected chi connectivity index (χ2v) is 8.11. The minimum absolute atomic E-state index is 0.00514. The molecule has 2 N–H and O–H groups in total. The van der Waals surface area contributed by atoms with Crippen molar-refractivity contribution in [1.82, 2.24) is 10.2 Å². The van der Waals surface area contributed by atoms with Crippen molar-refractivity contribution in [3.63, 3.8) is 0 Å². The Morgan fingerprint density at radius 2 is 1.73 bits per heavy atom. The lowest BCUT2D eigenvalue weighted by Crippen LogP contribution is -2.47. The molecule has 2 aliphatic heterocycles. The molecule has 1 unspecified atom stereocenters. The van der Waals surface area contributed by atoms with Crippen molar-refractivity contribution in [2.75, 3.05) is 49.5 Å². The standard InChI is InChI=1S/C24H32N4O2/c29-24(26-22-11-5-6-12-23(22)28-13-7-2-8-14-28)25-17-21-19-27(15-16-30-21)18-20-9-3-1-4-10-20/h1,3-6,9-12,21H,2,7-8,13-19H2,(H2,25,26,29). The minimum atomic E-state index is -0.178. The van der Waals surface area contributed by atoms with Gasteiger partial charge in [-0.3, -0.25) is 4.90 Å². The quantitative estimate of drug-likeness (QED) is 0.765. The molecule has 0 radical (unpaired) electrons. The van der Waals surface area contributed by atoms with Crippen molar-refractivity contribution in [1.29, 1.82) is 0 Å². The number of carbonyl (C=O) groups is 1. The lowest BCUT2D eigenvalue weighted by atomic mass is 10.1. The maximum Gasteiger partial charge on any atom is 0.319 e. The molecular formula is C24H32N4O2. The van der Waals surface area contributed by atoms with Crippen LogP contribution in [0.15, 0.2) is 54.6 Å². The van der Waals surface area contributed by atoms with Gasteiger partial charge in [-0.2, -0.15) is 0 Å². The summed E-state index contributed by atoms with van der Waals surface area (Å²) in [6.45, 7) is 5.94. The van der Waals surface area contributed by atoms with Crippen molar-refractivity contribution in [2.45, 2.75) is 31.9 Å².